The molecule has 2 aromatic rings. The number of rotatable bonds is 6. The Hall–Kier alpha value is -1.78. The van der Waals surface area contributed by atoms with Crippen LogP contribution in [0.5, 0.6) is 11.5 Å². The van der Waals surface area contributed by atoms with Gasteiger partial charge >= 0.3 is 0 Å². The van der Waals surface area contributed by atoms with Gasteiger partial charge in [0.25, 0.3) is 0 Å². The zero-order valence-electron chi connectivity index (χ0n) is 12.7. The lowest BCUT2D eigenvalue weighted by atomic mass is 10.1. The average Bonchev–Trinajstić information content (AvgIpc) is 2.91. The van der Waals surface area contributed by atoms with Crippen molar-refractivity contribution < 1.29 is 14.3 Å². The smallest absolute Gasteiger partial charge is 0.195 e. The molecule has 1 heterocycles. The first-order valence-corrected chi connectivity index (χ1v) is 8.03. The number of halogens is 1. The molecule has 116 valence electrons. The molecule has 1 aromatic carbocycles. The summed E-state index contributed by atoms with van der Waals surface area (Å²) in [5.74, 6) is 1.04. The van der Waals surface area contributed by atoms with Crippen LogP contribution in [-0.2, 0) is 0 Å². The van der Waals surface area contributed by atoms with Gasteiger partial charge in [-0.05, 0) is 49.8 Å². The third kappa shape index (κ3) is 3.90. The number of hydrogen-bond acceptors (Lipinski definition) is 4. The van der Waals surface area contributed by atoms with Crippen LogP contribution in [0.25, 0.3) is 6.08 Å². The highest BCUT2D eigenvalue weighted by Crippen LogP contribution is 2.36. The quantitative estimate of drug-likeness (QED) is 0.549. The molecule has 0 N–H and O–H groups in total. The lowest BCUT2D eigenvalue weighted by Gasteiger charge is -2.11. The van der Waals surface area contributed by atoms with E-state index in [1.807, 2.05) is 26.0 Å². The molecule has 0 aliphatic heterocycles. The fourth-order valence-corrected chi connectivity index (χ4v) is 3.05. The van der Waals surface area contributed by atoms with Crippen LogP contribution in [0.15, 0.2) is 30.3 Å². The Morgan fingerprint density at radius 3 is 2.73 bits per heavy atom. The number of carbonyl (C=O) groups excluding carboxylic acids is 1. The van der Waals surface area contributed by atoms with Crippen molar-refractivity contribution in [2.24, 2.45) is 0 Å². The molecule has 1 aromatic heterocycles. The molecule has 0 bridgehead atoms. The maximum Gasteiger partial charge on any atom is 0.195 e. The minimum Gasteiger partial charge on any atom is -0.491 e. The summed E-state index contributed by atoms with van der Waals surface area (Å²) in [5.41, 5.74) is 0.788. The lowest BCUT2D eigenvalue weighted by Crippen LogP contribution is -1.96. The third-order valence-electron chi connectivity index (χ3n) is 2.95. The highest BCUT2D eigenvalue weighted by atomic mass is 35.5. The van der Waals surface area contributed by atoms with Gasteiger partial charge in [-0.1, -0.05) is 17.7 Å². The first-order valence-electron chi connectivity index (χ1n) is 6.84. The van der Waals surface area contributed by atoms with Gasteiger partial charge < -0.3 is 9.47 Å². The molecule has 0 saturated carbocycles. The van der Waals surface area contributed by atoms with Gasteiger partial charge in [0.15, 0.2) is 17.3 Å². The largest absolute Gasteiger partial charge is 0.491 e. The van der Waals surface area contributed by atoms with Gasteiger partial charge in [-0.15, -0.1) is 11.3 Å². The van der Waals surface area contributed by atoms with E-state index >= 15 is 0 Å². The van der Waals surface area contributed by atoms with E-state index < -0.39 is 0 Å². The normalized spacial score (nSPS) is 10.9. The van der Waals surface area contributed by atoms with E-state index in [-0.39, 0.29) is 5.78 Å². The van der Waals surface area contributed by atoms with Crippen molar-refractivity contribution in [1.29, 1.82) is 0 Å². The zero-order valence-corrected chi connectivity index (χ0v) is 14.3. The number of thiophene rings is 1. The minimum absolute atomic E-state index is 0.0250. The second kappa shape index (κ2) is 7.47. The van der Waals surface area contributed by atoms with Crippen molar-refractivity contribution in [2.75, 3.05) is 13.7 Å². The second-order valence-corrected chi connectivity index (χ2v) is 6.27. The molecule has 3 nitrogen and oxygen atoms in total. The minimum atomic E-state index is -0.0250. The molecule has 0 fully saturated rings. The highest BCUT2D eigenvalue weighted by Gasteiger charge is 2.11. The van der Waals surface area contributed by atoms with Crippen molar-refractivity contribution in [2.45, 2.75) is 13.8 Å². The van der Waals surface area contributed by atoms with E-state index in [4.69, 9.17) is 21.1 Å². The van der Waals surface area contributed by atoms with Crippen LogP contribution in [0.1, 0.15) is 27.0 Å². The summed E-state index contributed by atoms with van der Waals surface area (Å²) in [6, 6.07) is 7.31. The average molecular weight is 337 g/mol. The van der Waals surface area contributed by atoms with Gasteiger partial charge in [-0.3, -0.25) is 4.79 Å². The Morgan fingerprint density at radius 2 is 2.14 bits per heavy atom. The van der Waals surface area contributed by atoms with Crippen LogP contribution in [-0.4, -0.2) is 19.5 Å². The van der Waals surface area contributed by atoms with Crippen LogP contribution in [0.3, 0.4) is 0 Å². The summed E-state index contributed by atoms with van der Waals surface area (Å²) in [6.07, 6.45) is 3.27. The summed E-state index contributed by atoms with van der Waals surface area (Å²) in [7, 11) is 1.54. The number of methoxy groups -OCH3 is 1. The van der Waals surface area contributed by atoms with Crippen LogP contribution in [0.2, 0.25) is 5.02 Å². The van der Waals surface area contributed by atoms with Crippen molar-refractivity contribution >= 4 is 34.8 Å². The Kier molecular flexibility index (Phi) is 5.63. The lowest BCUT2D eigenvalue weighted by molar-refractivity contribution is 0.105. The molecule has 0 aliphatic rings. The summed E-state index contributed by atoms with van der Waals surface area (Å²) < 4.78 is 10.8. The van der Waals surface area contributed by atoms with E-state index in [0.29, 0.717) is 23.1 Å². The fourth-order valence-electron chi connectivity index (χ4n) is 1.97. The number of allylic oxidation sites excluding steroid dienone is 1. The fraction of sp³-hybridized carbons (Fsp3) is 0.235. The van der Waals surface area contributed by atoms with E-state index in [9.17, 15) is 4.79 Å². The van der Waals surface area contributed by atoms with Gasteiger partial charge in [0.05, 0.1) is 23.6 Å². The van der Waals surface area contributed by atoms with Crippen LogP contribution in [0, 0.1) is 6.92 Å². The van der Waals surface area contributed by atoms with E-state index in [1.54, 1.807) is 31.4 Å². The van der Waals surface area contributed by atoms with Crippen molar-refractivity contribution in [3.8, 4) is 11.5 Å². The summed E-state index contributed by atoms with van der Waals surface area (Å²) in [6.45, 7) is 4.37. The zero-order chi connectivity index (χ0) is 16.1. The maximum atomic E-state index is 12.1. The first-order chi connectivity index (χ1) is 10.5. The molecule has 0 amide bonds. The Labute approximate surface area is 139 Å². The number of ketones is 1. The summed E-state index contributed by atoms with van der Waals surface area (Å²) >= 11 is 7.66. The van der Waals surface area contributed by atoms with Gasteiger partial charge in [0, 0.05) is 4.88 Å². The number of aryl methyl sites for hydroxylation is 1. The number of hydrogen-bond donors (Lipinski definition) is 0. The molecule has 5 heteroatoms. The first kappa shape index (κ1) is 16.6. The van der Waals surface area contributed by atoms with E-state index in [0.717, 1.165) is 15.3 Å². The molecule has 0 aliphatic carbocycles. The predicted octanol–water partition coefficient (Wildman–Crippen LogP) is 5.01. The number of carbonyl (C=O) groups is 1. The summed E-state index contributed by atoms with van der Waals surface area (Å²) in [4.78, 5) is 13.9. The predicted molar refractivity (Wildman–Crippen MR) is 91.6 cm³/mol. The second-order valence-electron chi connectivity index (χ2n) is 4.58. The van der Waals surface area contributed by atoms with Gasteiger partial charge in [0.1, 0.15) is 0 Å². The Bertz CT molecular complexity index is 704. The van der Waals surface area contributed by atoms with Gasteiger partial charge in [-0.2, -0.15) is 0 Å². The van der Waals surface area contributed by atoms with Gasteiger partial charge in [-0.25, -0.2) is 0 Å². The topological polar surface area (TPSA) is 35.5 Å². The van der Waals surface area contributed by atoms with Crippen LogP contribution in [0.4, 0.5) is 0 Å². The monoisotopic (exact) mass is 336 g/mol. The summed E-state index contributed by atoms with van der Waals surface area (Å²) in [5, 5.41) is 0.451. The SMILES string of the molecule is CCOc1cc(/C=C/C(=O)c2ccc(C)s2)cc(Cl)c1OC. The van der Waals surface area contributed by atoms with Crippen molar-refractivity contribution in [3.63, 3.8) is 0 Å². The molecule has 0 saturated heterocycles. The van der Waals surface area contributed by atoms with Crippen LogP contribution >= 0.6 is 22.9 Å². The van der Waals surface area contributed by atoms with Crippen LogP contribution < -0.4 is 9.47 Å². The molecule has 2 rings (SSSR count). The third-order valence-corrected chi connectivity index (χ3v) is 4.24. The Balaban J connectivity index is 2.25. The molecular weight excluding hydrogens is 320 g/mol. The van der Waals surface area contributed by atoms with E-state index in [1.165, 1.54) is 11.3 Å². The maximum absolute atomic E-state index is 12.1. The molecule has 0 unspecified atom stereocenters. The number of ether oxygens (including phenoxy) is 2. The van der Waals surface area contributed by atoms with Crippen molar-refractivity contribution in [1.82, 2.24) is 0 Å². The standard InChI is InChI=1S/C17H17ClO3S/c1-4-21-15-10-12(9-13(18)17(15)20-3)6-7-14(19)16-8-5-11(2)22-16/h5-10H,4H2,1-3H3/b7-6+. The van der Waals surface area contributed by atoms with Crippen molar-refractivity contribution in [3.05, 3.63) is 50.7 Å². The number of benzene rings is 1. The molecule has 0 radical (unpaired) electrons. The molecule has 0 spiro atoms. The highest BCUT2D eigenvalue weighted by molar-refractivity contribution is 7.14. The molecule has 0 atom stereocenters. The van der Waals surface area contributed by atoms with E-state index in [2.05, 4.69) is 0 Å². The van der Waals surface area contributed by atoms with Gasteiger partial charge in [0.2, 0.25) is 0 Å². The molecular formula is C17H17ClO3S. The molecule has 22 heavy (non-hydrogen) atoms. The Morgan fingerprint density at radius 1 is 1.36 bits per heavy atom.